The van der Waals surface area contributed by atoms with Crippen LogP contribution in [0.5, 0.6) is 0 Å². The second-order valence-electron chi connectivity index (χ2n) is 13.9. The lowest BCUT2D eigenvalue weighted by Gasteiger charge is -2.19. The highest BCUT2D eigenvalue weighted by Gasteiger charge is 2.24. The number of nitriles is 2. The van der Waals surface area contributed by atoms with Gasteiger partial charge in [0.05, 0.1) is 67.4 Å². The van der Waals surface area contributed by atoms with Crippen molar-refractivity contribution >= 4 is 65.4 Å². The van der Waals surface area contributed by atoms with Crippen LogP contribution < -0.4 is 0 Å². The number of hydrogen-bond donors (Lipinski definition) is 0. The smallest absolute Gasteiger partial charge is 0.101 e. The van der Waals surface area contributed by atoms with Gasteiger partial charge in [0.2, 0.25) is 0 Å². The molecule has 11 aromatic rings. The van der Waals surface area contributed by atoms with Crippen LogP contribution in [0.25, 0.3) is 93.6 Å². The van der Waals surface area contributed by atoms with E-state index in [2.05, 4.69) is 165 Å². The number of nitrogens with zero attached hydrogens (tertiary/aromatic N) is 5. The van der Waals surface area contributed by atoms with Crippen molar-refractivity contribution < 1.29 is 0 Å². The van der Waals surface area contributed by atoms with E-state index >= 15 is 0 Å². The summed E-state index contributed by atoms with van der Waals surface area (Å²) in [6.45, 7) is 0. The highest BCUT2D eigenvalue weighted by Crippen LogP contribution is 2.44. The summed E-state index contributed by atoms with van der Waals surface area (Å²) in [7, 11) is 0. The molecule has 8 aromatic carbocycles. The molecule has 0 saturated carbocycles. The molecule has 0 fully saturated rings. The molecule has 0 N–H and O–H groups in total. The predicted octanol–water partition coefficient (Wildman–Crippen LogP) is 12.4. The summed E-state index contributed by atoms with van der Waals surface area (Å²) in [5.41, 5.74) is 12.3. The average Bonchev–Trinajstić information content (AvgIpc) is 3.89. The molecule has 0 bridgehead atoms. The van der Waals surface area contributed by atoms with Gasteiger partial charge in [-0.05, 0) is 60.7 Å². The van der Waals surface area contributed by atoms with Gasteiger partial charge in [-0.2, -0.15) is 10.5 Å². The van der Waals surface area contributed by atoms with Crippen molar-refractivity contribution in [2.75, 3.05) is 0 Å². The van der Waals surface area contributed by atoms with Crippen LogP contribution in [0, 0.1) is 22.7 Å². The Labute approximate surface area is 316 Å². The van der Waals surface area contributed by atoms with E-state index in [0.29, 0.717) is 11.1 Å². The Morgan fingerprint density at radius 3 is 1.40 bits per heavy atom. The second kappa shape index (κ2) is 11.8. The van der Waals surface area contributed by atoms with Crippen molar-refractivity contribution in [2.24, 2.45) is 0 Å². The van der Waals surface area contributed by atoms with Crippen molar-refractivity contribution in [1.29, 1.82) is 10.5 Å². The SMILES string of the molecule is N#Cc1cccc(-c2ccccc2-n2c3ccccc3c3c(C#N)cccc32)c1-n1c2ccccc2c2c(-n3c4ccccc4c4ccccc43)cccc21. The average molecular weight is 700 g/mol. The van der Waals surface area contributed by atoms with Crippen LogP contribution in [0.1, 0.15) is 11.1 Å². The normalized spacial score (nSPS) is 11.6. The first-order valence-corrected chi connectivity index (χ1v) is 18.3. The van der Waals surface area contributed by atoms with Gasteiger partial charge < -0.3 is 13.7 Å². The number of rotatable bonds is 4. The topological polar surface area (TPSA) is 62.4 Å². The van der Waals surface area contributed by atoms with Gasteiger partial charge >= 0.3 is 0 Å². The van der Waals surface area contributed by atoms with Crippen molar-refractivity contribution in [3.8, 4) is 40.3 Å². The minimum atomic E-state index is 0.575. The maximum absolute atomic E-state index is 10.9. The van der Waals surface area contributed by atoms with Crippen LogP contribution in [0.2, 0.25) is 0 Å². The van der Waals surface area contributed by atoms with Gasteiger partial charge in [-0.1, -0.05) is 115 Å². The minimum Gasteiger partial charge on any atom is -0.309 e. The van der Waals surface area contributed by atoms with Gasteiger partial charge in [0, 0.05) is 43.4 Å². The molecule has 11 rings (SSSR count). The first kappa shape index (κ1) is 30.7. The zero-order valence-corrected chi connectivity index (χ0v) is 29.5. The third-order valence-corrected chi connectivity index (χ3v) is 11.1. The van der Waals surface area contributed by atoms with E-state index in [1.807, 2.05) is 36.4 Å². The van der Waals surface area contributed by atoms with Gasteiger partial charge in [-0.15, -0.1) is 0 Å². The Bertz CT molecular complexity index is 3420. The largest absolute Gasteiger partial charge is 0.309 e. The molecule has 0 aliphatic heterocycles. The summed E-state index contributed by atoms with van der Waals surface area (Å²) in [5, 5.41) is 27.6. The number of hydrogen-bond acceptors (Lipinski definition) is 2. The zero-order valence-electron chi connectivity index (χ0n) is 29.5. The molecule has 0 aliphatic carbocycles. The van der Waals surface area contributed by atoms with Crippen LogP contribution >= 0.6 is 0 Å². The Hall–Kier alpha value is -7.86. The van der Waals surface area contributed by atoms with Crippen LogP contribution in [0.15, 0.2) is 176 Å². The summed E-state index contributed by atoms with van der Waals surface area (Å²) in [6, 6.07) is 65.8. The van der Waals surface area contributed by atoms with Crippen molar-refractivity contribution in [3.05, 3.63) is 187 Å². The van der Waals surface area contributed by atoms with Crippen molar-refractivity contribution in [1.82, 2.24) is 13.7 Å². The first-order valence-electron chi connectivity index (χ1n) is 18.3. The van der Waals surface area contributed by atoms with Crippen molar-refractivity contribution in [3.63, 3.8) is 0 Å². The fraction of sp³-hybridized carbons (Fsp3) is 0. The Balaban J connectivity index is 1.25. The molecule has 55 heavy (non-hydrogen) atoms. The van der Waals surface area contributed by atoms with Gasteiger partial charge in [-0.25, -0.2) is 0 Å². The molecule has 0 spiro atoms. The van der Waals surface area contributed by atoms with Gasteiger partial charge in [0.1, 0.15) is 6.07 Å². The number of aromatic nitrogens is 3. The second-order valence-corrected chi connectivity index (χ2v) is 13.9. The monoisotopic (exact) mass is 699 g/mol. The summed E-state index contributed by atoms with van der Waals surface area (Å²) in [4.78, 5) is 0. The Morgan fingerprint density at radius 1 is 0.309 bits per heavy atom. The molecule has 0 aliphatic rings. The third-order valence-electron chi connectivity index (χ3n) is 11.1. The van der Waals surface area contributed by atoms with E-state index in [1.165, 1.54) is 10.8 Å². The molecular formula is C50H29N5. The quantitative estimate of drug-likeness (QED) is 0.184. The number of para-hydroxylation sites is 6. The molecule has 0 unspecified atom stereocenters. The summed E-state index contributed by atoms with van der Waals surface area (Å²) >= 11 is 0. The molecular weight excluding hydrogens is 671 g/mol. The fourth-order valence-electron chi connectivity index (χ4n) is 8.97. The fourth-order valence-corrected chi connectivity index (χ4v) is 8.97. The van der Waals surface area contributed by atoms with E-state index in [-0.39, 0.29) is 0 Å². The lowest BCUT2D eigenvalue weighted by atomic mass is 9.98. The highest BCUT2D eigenvalue weighted by atomic mass is 15.0. The van der Waals surface area contributed by atoms with E-state index in [0.717, 1.165) is 82.8 Å². The van der Waals surface area contributed by atoms with E-state index < -0.39 is 0 Å². The maximum Gasteiger partial charge on any atom is 0.101 e. The van der Waals surface area contributed by atoms with Gasteiger partial charge in [-0.3, -0.25) is 0 Å². The third kappa shape index (κ3) is 4.27. The molecule has 0 amide bonds. The standard InChI is InChI=1S/C50H29N5/c51-30-32-14-12-27-45-48(32)38-19-4-9-25-43(38)54(45)42-24-8-3-18-36(42)37-21-11-15-33(31-52)50(37)55-44-26-10-5-20-39(44)49-46(28-13-29-47(49)55)53-40-22-6-1-16-34(40)35-17-2-7-23-41(35)53/h1-29H. The lowest BCUT2D eigenvalue weighted by Crippen LogP contribution is -2.03. The molecule has 3 aromatic heterocycles. The molecule has 0 saturated heterocycles. The van der Waals surface area contributed by atoms with E-state index in [9.17, 15) is 10.5 Å². The molecule has 0 radical (unpaired) electrons. The highest BCUT2D eigenvalue weighted by molar-refractivity contribution is 6.17. The molecule has 5 heteroatoms. The van der Waals surface area contributed by atoms with Crippen LogP contribution in [-0.2, 0) is 0 Å². The van der Waals surface area contributed by atoms with Gasteiger partial charge in [0.25, 0.3) is 0 Å². The molecule has 0 atom stereocenters. The zero-order chi connectivity index (χ0) is 36.6. The Kier molecular flexibility index (Phi) is 6.61. The van der Waals surface area contributed by atoms with Crippen LogP contribution in [0.4, 0.5) is 0 Å². The number of benzene rings is 8. The van der Waals surface area contributed by atoms with Crippen LogP contribution in [0.3, 0.4) is 0 Å². The molecule has 254 valence electrons. The van der Waals surface area contributed by atoms with Crippen molar-refractivity contribution in [2.45, 2.75) is 0 Å². The minimum absolute atomic E-state index is 0.575. The summed E-state index contributed by atoms with van der Waals surface area (Å²) < 4.78 is 6.93. The van der Waals surface area contributed by atoms with Gasteiger partial charge in [0.15, 0.2) is 0 Å². The number of fused-ring (bicyclic) bond motifs is 9. The summed E-state index contributed by atoms with van der Waals surface area (Å²) in [6.07, 6.45) is 0. The molecule has 5 nitrogen and oxygen atoms in total. The van der Waals surface area contributed by atoms with E-state index in [1.54, 1.807) is 0 Å². The lowest BCUT2D eigenvalue weighted by molar-refractivity contribution is 1.15. The maximum atomic E-state index is 10.9. The van der Waals surface area contributed by atoms with E-state index in [4.69, 9.17) is 0 Å². The first-order chi connectivity index (χ1) is 27.3. The Morgan fingerprint density at radius 2 is 0.727 bits per heavy atom. The van der Waals surface area contributed by atoms with Crippen LogP contribution in [-0.4, -0.2) is 13.7 Å². The molecule has 3 heterocycles. The summed E-state index contributed by atoms with van der Waals surface area (Å²) in [5.74, 6) is 0. The predicted molar refractivity (Wildman–Crippen MR) is 224 cm³/mol.